The molecule has 0 aliphatic heterocycles. The lowest BCUT2D eigenvalue weighted by molar-refractivity contribution is -0.120. The third kappa shape index (κ3) is 5.26. The van der Waals surface area contributed by atoms with Gasteiger partial charge >= 0.3 is 0 Å². The van der Waals surface area contributed by atoms with Crippen LogP contribution in [-0.4, -0.2) is 44.7 Å². The molecule has 0 saturated heterocycles. The zero-order chi connectivity index (χ0) is 20.8. The van der Waals surface area contributed by atoms with E-state index in [1.54, 1.807) is 14.2 Å². The van der Waals surface area contributed by atoms with Crippen molar-refractivity contribution < 1.29 is 14.3 Å². The van der Waals surface area contributed by atoms with E-state index in [0.717, 1.165) is 46.8 Å². The standard InChI is InChI=1S/C23H32N2O3/c1-15-12-16(2)22(17(3)13-15)24-23(26)18(4)25(5)11-10-19-8-9-20(27-6)21(14-19)28-7/h8-9,12-14,18H,10-11H2,1-7H3,(H,24,26)/t18-/m0/s1. The number of anilines is 1. The van der Waals surface area contributed by atoms with E-state index in [2.05, 4.69) is 29.3 Å². The molecule has 1 atom stereocenters. The van der Waals surface area contributed by atoms with Crippen molar-refractivity contribution in [3.05, 3.63) is 52.6 Å². The molecule has 1 N–H and O–H groups in total. The first-order chi connectivity index (χ1) is 13.3. The number of rotatable bonds is 8. The third-order valence-electron chi connectivity index (χ3n) is 5.17. The lowest BCUT2D eigenvalue weighted by Gasteiger charge is -2.25. The van der Waals surface area contributed by atoms with Crippen molar-refractivity contribution in [2.45, 2.75) is 40.2 Å². The summed E-state index contributed by atoms with van der Waals surface area (Å²) in [6, 6.07) is 9.87. The Morgan fingerprint density at radius 1 is 1.04 bits per heavy atom. The molecule has 0 aliphatic rings. The summed E-state index contributed by atoms with van der Waals surface area (Å²) in [5.41, 5.74) is 5.43. The number of nitrogens with one attached hydrogen (secondary N) is 1. The van der Waals surface area contributed by atoms with Crippen LogP contribution in [0.1, 0.15) is 29.2 Å². The number of aryl methyl sites for hydroxylation is 3. The second kappa shape index (κ2) is 9.60. The van der Waals surface area contributed by atoms with Gasteiger partial charge in [-0.3, -0.25) is 9.69 Å². The van der Waals surface area contributed by atoms with Gasteiger partial charge in [0, 0.05) is 12.2 Å². The highest BCUT2D eigenvalue weighted by Gasteiger charge is 2.19. The summed E-state index contributed by atoms with van der Waals surface area (Å²) in [4.78, 5) is 14.8. The first-order valence-corrected chi connectivity index (χ1v) is 9.56. The Bertz CT molecular complexity index is 810. The first kappa shape index (κ1) is 21.8. The Morgan fingerprint density at radius 3 is 2.21 bits per heavy atom. The highest BCUT2D eigenvalue weighted by Crippen LogP contribution is 2.28. The molecule has 0 heterocycles. The Balaban J connectivity index is 1.99. The molecule has 0 bridgehead atoms. The number of benzene rings is 2. The molecule has 0 aromatic heterocycles. The van der Waals surface area contributed by atoms with Crippen molar-refractivity contribution in [3.63, 3.8) is 0 Å². The summed E-state index contributed by atoms with van der Waals surface area (Å²) in [6.07, 6.45) is 0.817. The maximum absolute atomic E-state index is 12.7. The Labute approximate surface area is 168 Å². The predicted molar refractivity (Wildman–Crippen MR) is 115 cm³/mol. The van der Waals surface area contributed by atoms with E-state index in [1.807, 2.05) is 46.0 Å². The molecule has 0 saturated carbocycles. The number of carbonyl (C=O) groups is 1. The zero-order valence-electron chi connectivity index (χ0n) is 18.1. The van der Waals surface area contributed by atoms with Crippen molar-refractivity contribution in [2.75, 3.05) is 33.1 Å². The summed E-state index contributed by atoms with van der Waals surface area (Å²) >= 11 is 0. The number of methoxy groups -OCH3 is 2. The van der Waals surface area contributed by atoms with Crippen molar-refractivity contribution in [3.8, 4) is 11.5 Å². The van der Waals surface area contributed by atoms with Gasteiger partial charge in [0.1, 0.15) is 0 Å². The fraction of sp³-hybridized carbons (Fsp3) is 0.435. The van der Waals surface area contributed by atoms with Crippen molar-refractivity contribution in [1.29, 1.82) is 0 Å². The molecule has 0 fully saturated rings. The van der Waals surface area contributed by atoms with Crippen LogP contribution in [0.2, 0.25) is 0 Å². The smallest absolute Gasteiger partial charge is 0.241 e. The van der Waals surface area contributed by atoms with Crippen LogP contribution >= 0.6 is 0 Å². The normalized spacial score (nSPS) is 12.0. The number of hydrogen-bond donors (Lipinski definition) is 1. The second-order valence-electron chi connectivity index (χ2n) is 7.36. The van der Waals surface area contributed by atoms with E-state index in [9.17, 15) is 4.79 Å². The highest BCUT2D eigenvalue weighted by atomic mass is 16.5. The lowest BCUT2D eigenvalue weighted by Crippen LogP contribution is -2.40. The Hall–Kier alpha value is -2.53. The fourth-order valence-corrected chi connectivity index (χ4v) is 3.34. The molecule has 5 heteroatoms. The Morgan fingerprint density at radius 2 is 1.64 bits per heavy atom. The minimum absolute atomic E-state index is 0.00450. The fourth-order valence-electron chi connectivity index (χ4n) is 3.34. The average Bonchev–Trinajstić information content (AvgIpc) is 2.67. The third-order valence-corrected chi connectivity index (χ3v) is 5.17. The molecule has 152 valence electrons. The zero-order valence-corrected chi connectivity index (χ0v) is 18.1. The highest BCUT2D eigenvalue weighted by molar-refractivity contribution is 5.95. The van der Waals surface area contributed by atoms with Crippen molar-refractivity contribution in [2.24, 2.45) is 0 Å². The van der Waals surface area contributed by atoms with E-state index in [1.165, 1.54) is 5.56 Å². The van der Waals surface area contributed by atoms with Gasteiger partial charge in [-0.15, -0.1) is 0 Å². The number of amides is 1. The van der Waals surface area contributed by atoms with E-state index in [0.29, 0.717) is 0 Å². The largest absolute Gasteiger partial charge is 0.493 e. The second-order valence-corrected chi connectivity index (χ2v) is 7.36. The van der Waals surface area contributed by atoms with Crippen molar-refractivity contribution >= 4 is 11.6 Å². The molecule has 0 spiro atoms. The molecule has 0 unspecified atom stereocenters. The van der Waals surface area contributed by atoms with Gasteiger partial charge in [0.2, 0.25) is 5.91 Å². The number of likely N-dealkylation sites (N-methyl/N-ethyl adjacent to an activating group) is 1. The molecule has 1 amide bonds. The number of nitrogens with zero attached hydrogens (tertiary/aromatic N) is 1. The lowest BCUT2D eigenvalue weighted by atomic mass is 10.0. The molecule has 28 heavy (non-hydrogen) atoms. The number of ether oxygens (including phenoxy) is 2. The predicted octanol–water partition coefficient (Wildman–Crippen LogP) is 4.13. The SMILES string of the molecule is COc1ccc(CCN(C)[C@@H](C)C(=O)Nc2c(C)cc(C)cc2C)cc1OC. The Kier molecular flexibility index (Phi) is 7.46. The van der Waals surface area contributed by atoms with Gasteiger partial charge in [0.05, 0.1) is 20.3 Å². The maximum Gasteiger partial charge on any atom is 0.241 e. The van der Waals surface area contributed by atoms with Crippen LogP contribution in [-0.2, 0) is 11.2 Å². The van der Waals surface area contributed by atoms with Gasteiger partial charge in [-0.25, -0.2) is 0 Å². The van der Waals surface area contributed by atoms with Crippen LogP contribution in [0.3, 0.4) is 0 Å². The van der Waals surface area contributed by atoms with Crippen LogP contribution in [0.5, 0.6) is 11.5 Å². The van der Waals surface area contributed by atoms with Crippen LogP contribution in [0.4, 0.5) is 5.69 Å². The molecular formula is C23H32N2O3. The summed E-state index contributed by atoms with van der Waals surface area (Å²) in [6.45, 7) is 8.82. The van der Waals surface area contributed by atoms with Gasteiger partial charge in [0.25, 0.3) is 0 Å². The molecule has 2 aromatic carbocycles. The van der Waals surface area contributed by atoms with Gasteiger partial charge in [-0.2, -0.15) is 0 Å². The number of carbonyl (C=O) groups excluding carboxylic acids is 1. The minimum atomic E-state index is -0.236. The van der Waals surface area contributed by atoms with Crippen LogP contribution in [0.15, 0.2) is 30.3 Å². The summed E-state index contributed by atoms with van der Waals surface area (Å²) in [5.74, 6) is 1.44. The van der Waals surface area contributed by atoms with E-state index in [4.69, 9.17) is 9.47 Å². The summed E-state index contributed by atoms with van der Waals surface area (Å²) in [5, 5.41) is 3.10. The molecule has 2 rings (SSSR count). The molecular weight excluding hydrogens is 352 g/mol. The topological polar surface area (TPSA) is 50.8 Å². The van der Waals surface area contributed by atoms with E-state index in [-0.39, 0.29) is 11.9 Å². The van der Waals surface area contributed by atoms with Gasteiger partial charge in [-0.1, -0.05) is 23.8 Å². The summed E-state index contributed by atoms with van der Waals surface area (Å²) in [7, 11) is 5.23. The average molecular weight is 385 g/mol. The van der Waals surface area contributed by atoms with Crippen LogP contribution < -0.4 is 14.8 Å². The van der Waals surface area contributed by atoms with Gasteiger partial charge < -0.3 is 14.8 Å². The van der Waals surface area contributed by atoms with E-state index >= 15 is 0 Å². The van der Waals surface area contributed by atoms with Gasteiger partial charge in [-0.05, 0) is 70.0 Å². The summed E-state index contributed by atoms with van der Waals surface area (Å²) < 4.78 is 10.6. The molecule has 0 aliphatic carbocycles. The minimum Gasteiger partial charge on any atom is -0.493 e. The van der Waals surface area contributed by atoms with Crippen LogP contribution in [0, 0.1) is 20.8 Å². The molecule has 5 nitrogen and oxygen atoms in total. The monoisotopic (exact) mass is 384 g/mol. The first-order valence-electron chi connectivity index (χ1n) is 9.56. The van der Waals surface area contributed by atoms with Gasteiger partial charge in [0.15, 0.2) is 11.5 Å². The van der Waals surface area contributed by atoms with Crippen LogP contribution in [0.25, 0.3) is 0 Å². The van der Waals surface area contributed by atoms with E-state index < -0.39 is 0 Å². The van der Waals surface area contributed by atoms with Crippen molar-refractivity contribution in [1.82, 2.24) is 4.90 Å². The maximum atomic E-state index is 12.7. The number of hydrogen-bond acceptors (Lipinski definition) is 4. The molecule has 0 radical (unpaired) electrons. The molecule has 2 aromatic rings. The quantitative estimate of drug-likeness (QED) is 0.743.